The Kier molecular flexibility index (Phi) is 4.34. The van der Waals surface area contributed by atoms with Crippen LogP contribution in [0.25, 0.3) is 11.1 Å². The molecule has 3 rings (SSSR count). The summed E-state index contributed by atoms with van der Waals surface area (Å²) in [5, 5.41) is 9.40. The van der Waals surface area contributed by atoms with Crippen molar-refractivity contribution >= 4 is 17.6 Å². The molecule has 0 radical (unpaired) electrons. The van der Waals surface area contributed by atoms with Gasteiger partial charge in [0.05, 0.1) is 11.7 Å². The van der Waals surface area contributed by atoms with Gasteiger partial charge in [-0.15, -0.1) is 0 Å². The fraction of sp³-hybridized carbons (Fsp3) is 0.278. The van der Waals surface area contributed by atoms with Crippen LogP contribution in [0.4, 0.5) is 0 Å². The minimum atomic E-state index is -0.978. The van der Waals surface area contributed by atoms with Crippen molar-refractivity contribution in [1.29, 1.82) is 0 Å². The zero-order valence-electron chi connectivity index (χ0n) is 12.1. The molecule has 1 saturated carbocycles. The Morgan fingerprint density at radius 1 is 1.09 bits per heavy atom. The molecule has 3 nitrogen and oxygen atoms in total. The van der Waals surface area contributed by atoms with Gasteiger partial charge in [0.1, 0.15) is 5.75 Å². The second-order valence-electron chi connectivity index (χ2n) is 5.55. The van der Waals surface area contributed by atoms with Crippen molar-refractivity contribution in [2.75, 3.05) is 0 Å². The first-order chi connectivity index (χ1) is 10.6. The predicted octanol–water partition coefficient (Wildman–Crippen LogP) is 5.03. The summed E-state index contributed by atoms with van der Waals surface area (Å²) in [7, 11) is 0. The molecule has 0 saturated heterocycles. The topological polar surface area (TPSA) is 46.5 Å². The molecule has 0 atom stereocenters. The number of halogens is 1. The van der Waals surface area contributed by atoms with E-state index in [1.807, 2.05) is 24.3 Å². The Hall–Kier alpha value is -2.00. The van der Waals surface area contributed by atoms with Crippen LogP contribution in [-0.4, -0.2) is 17.2 Å². The van der Waals surface area contributed by atoms with Crippen LogP contribution < -0.4 is 4.74 Å². The second kappa shape index (κ2) is 6.41. The maximum Gasteiger partial charge on any atom is 0.335 e. The third-order valence-electron chi connectivity index (χ3n) is 3.99. The monoisotopic (exact) mass is 316 g/mol. The molecule has 0 aliphatic heterocycles. The highest BCUT2D eigenvalue weighted by molar-refractivity contribution is 6.33. The molecule has 2 aromatic rings. The van der Waals surface area contributed by atoms with E-state index in [0.717, 1.165) is 29.7 Å². The molecule has 1 N–H and O–H groups in total. The van der Waals surface area contributed by atoms with Gasteiger partial charge < -0.3 is 9.84 Å². The van der Waals surface area contributed by atoms with Crippen molar-refractivity contribution < 1.29 is 14.6 Å². The van der Waals surface area contributed by atoms with Gasteiger partial charge in [0.25, 0.3) is 0 Å². The van der Waals surface area contributed by atoms with E-state index in [0.29, 0.717) is 11.1 Å². The van der Waals surface area contributed by atoms with E-state index in [1.54, 1.807) is 12.1 Å². The number of carboxylic acids is 1. The van der Waals surface area contributed by atoms with E-state index >= 15 is 0 Å². The number of carbonyl (C=O) groups is 1. The van der Waals surface area contributed by atoms with Crippen LogP contribution in [-0.2, 0) is 0 Å². The Morgan fingerprint density at radius 2 is 1.77 bits per heavy atom. The van der Waals surface area contributed by atoms with Gasteiger partial charge in [-0.2, -0.15) is 0 Å². The molecular weight excluding hydrogens is 300 g/mol. The smallest absolute Gasteiger partial charge is 0.335 e. The maximum absolute atomic E-state index is 10.9. The third-order valence-corrected chi connectivity index (χ3v) is 4.30. The van der Waals surface area contributed by atoms with Crippen LogP contribution in [0, 0.1) is 0 Å². The molecule has 0 unspecified atom stereocenters. The Bertz CT molecular complexity index is 673. The third kappa shape index (κ3) is 3.25. The van der Waals surface area contributed by atoms with Crippen LogP contribution in [0.5, 0.6) is 5.75 Å². The first-order valence-corrected chi connectivity index (χ1v) is 7.81. The highest BCUT2D eigenvalue weighted by Gasteiger charge is 2.16. The Labute approximate surface area is 134 Å². The molecule has 0 spiro atoms. The molecule has 4 heteroatoms. The Balaban J connectivity index is 1.78. The molecular formula is C18H17ClO3. The van der Waals surface area contributed by atoms with E-state index < -0.39 is 5.97 Å². The fourth-order valence-electron chi connectivity index (χ4n) is 2.79. The normalized spacial score (nSPS) is 15.0. The predicted molar refractivity (Wildman–Crippen MR) is 86.7 cm³/mol. The molecule has 0 amide bonds. The SMILES string of the molecule is O=C(O)c1ccc(-c2ccc(OC3CCCC3)cc2)c(Cl)c1. The summed E-state index contributed by atoms with van der Waals surface area (Å²) >= 11 is 6.19. The number of carboxylic acid groups (broad SMARTS) is 1. The van der Waals surface area contributed by atoms with Crippen molar-refractivity contribution in [3.05, 3.63) is 53.1 Å². The molecule has 0 bridgehead atoms. The van der Waals surface area contributed by atoms with Crippen molar-refractivity contribution in [1.82, 2.24) is 0 Å². The summed E-state index contributed by atoms with van der Waals surface area (Å²) in [6, 6.07) is 12.6. The quantitative estimate of drug-likeness (QED) is 0.860. The lowest BCUT2D eigenvalue weighted by molar-refractivity contribution is 0.0697. The first kappa shape index (κ1) is 14.9. The van der Waals surface area contributed by atoms with Gasteiger partial charge in [-0.25, -0.2) is 4.79 Å². The molecule has 114 valence electrons. The standard InChI is InChI=1S/C18H17ClO3/c19-17-11-13(18(20)21)7-10-16(17)12-5-8-15(9-6-12)22-14-3-1-2-4-14/h5-11,14H,1-4H2,(H,20,21). The van der Waals surface area contributed by atoms with Gasteiger partial charge in [0, 0.05) is 10.6 Å². The minimum Gasteiger partial charge on any atom is -0.490 e. The molecule has 1 fully saturated rings. The van der Waals surface area contributed by atoms with Crippen LogP contribution in [0.15, 0.2) is 42.5 Å². The molecule has 1 aliphatic rings. The van der Waals surface area contributed by atoms with E-state index in [1.165, 1.54) is 18.9 Å². The van der Waals surface area contributed by atoms with Gasteiger partial charge in [0.15, 0.2) is 0 Å². The first-order valence-electron chi connectivity index (χ1n) is 7.43. The van der Waals surface area contributed by atoms with Crippen LogP contribution in [0.1, 0.15) is 36.0 Å². The van der Waals surface area contributed by atoms with Crippen molar-refractivity contribution in [3.63, 3.8) is 0 Å². The average Bonchev–Trinajstić information content (AvgIpc) is 3.01. The number of aromatic carboxylic acids is 1. The molecule has 1 aliphatic carbocycles. The molecule has 0 heterocycles. The van der Waals surface area contributed by atoms with Crippen molar-refractivity contribution in [2.45, 2.75) is 31.8 Å². The largest absolute Gasteiger partial charge is 0.490 e. The maximum atomic E-state index is 10.9. The van der Waals surface area contributed by atoms with E-state index in [4.69, 9.17) is 21.4 Å². The van der Waals surface area contributed by atoms with Gasteiger partial charge >= 0.3 is 5.97 Å². The molecule has 22 heavy (non-hydrogen) atoms. The Morgan fingerprint density at radius 3 is 2.36 bits per heavy atom. The van der Waals surface area contributed by atoms with E-state index in [9.17, 15) is 4.79 Å². The summed E-state index contributed by atoms with van der Waals surface area (Å²) in [5.74, 6) is -0.109. The zero-order chi connectivity index (χ0) is 15.5. The molecule has 0 aromatic heterocycles. The lowest BCUT2D eigenvalue weighted by Crippen LogP contribution is -2.10. The zero-order valence-corrected chi connectivity index (χ0v) is 12.8. The van der Waals surface area contributed by atoms with Gasteiger partial charge in [-0.05, 0) is 55.5 Å². The number of benzene rings is 2. The highest BCUT2D eigenvalue weighted by atomic mass is 35.5. The summed E-state index contributed by atoms with van der Waals surface area (Å²) < 4.78 is 5.94. The summed E-state index contributed by atoms with van der Waals surface area (Å²) in [5.41, 5.74) is 1.95. The van der Waals surface area contributed by atoms with Gasteiger partial charge in [-0.1, -0.05) is 29.8 Å². The lowest BCUT2D eigenvalue weighted by Gasteiger charge is -2.13. The molecule has 2 aromatic carbocycles. The van der Waals surface area contributed by atoms with Crippen LogP contribution in [0.3, 0.4) is 0 Å². The van der Waals surface area contributed by atoms with Crippen molar-refractivity contribution in [2.24, 2.45) is 0 Å². The number of hydrogen-bond donors (Lipinski definition) is 1. The lowest BCUT2D eigenvalue weighted by atomic mass is 10.0. The van der Waals surface area contributed by atoms with Crippen molar-refractivity contribution in [3.8, 4) is 16.9 Å². The number of ether oxygens (including phenoxy) is 1. The van der Waals surface area contributed by atoms with Crippen LogP contribution in [0.2, 0.25) is 5.02 Å². The minimum absolute atomic E-state index is 0.190. The van der Waals surface area contributed by atoms with Gasteiger partial charge in [-0.3, -0.25) is 0 Å². The highest BCUT2D eigenvalue weighted by Crippen LogP contribution is 2.31. The number of rotatable bonds is 4. The fourth-order valence-corrected chi connectivity index (χ4v) is 3.08. The van der Waals surface area contributed by atoms with Gasteiger partial charge in [0.2, 0.25) is 0 Å². The van der Waals surface area contributed by atoms with Crippen LogP contribution >= 0.6 is 11.6 Å². The summed E-state index contributed by atoms with van der Waals surface area (Å²) in [6.45, 7) is 0. The van der Waals surface area contributed by atoms with E-state index in [-0.39, 0.29) is 5.56 Å². The van der Waals surface area contributed by atoms with E-state index in [2.05, 4.69) is 0 Å². The number of hydrogen-bond acceptors (Lipinski definition) is 2. The summed E-state index contributed by atoms with van der Waals surface area (Å²) in [6.07, 6.45) is 5.08. The summed E-state index contributed by atoms with van der Waals surface area (Å²) in [4.78, 5) is 10.9. The average molecular weight is 317 g/mol. The second-order valence-corrected chi connectivity index (χ2v) is 5.96.